The summed E-state index contributed by atoms with van der Waals surface area (Å²) in [6, 6.07) is 15.2. The smallest absolute Gasteiger partial charge is 0.265 e. The van der Waals surface area contributed by atoms with Gasteiger partial charge in [-0.05, 0) is 24.3 Å². The number of hydrogen-bond acceptors (Lipinski definition) is 4. The predicted octanol–water partition coefficient (Wildman–Crippen LogP) is -0.170. The first kappa shape index (κ1) is 17.8. The minimum absolute atomic E-state index is 0.256. The van der Waals surface area contributed by atoms with Crippen LogP contribution in [0.2, 0.25) is 0 Å². The monoisotopic (exact) mass is 386 g/mol. The SMILES string of the molecule is O=C1c2ccccc2C(=O)N1C[NH+]1CCN(S(=O)(=O)c2ccccc2)CC1. The van der Waals surface area contributed by atoms with Crippen LogP contribution in [0.15, 0.2) is 59.5 Å². The Balaban J connectivity index is 1.41. The van der Waals surface area contributed by atoms with Crippen LogP contribution in [0.1, 0.15) is 20.7 Å². The van der Waals surface area contributed by atoms with E-state index in [9.17, 15) is 18.0 Å². The minimum atomic E-state index is -3.51. The lowest BCUT2D eigenvalue weighted by atomic mass is 10.1. The molecule has 2 heterocycles. The topological polar surface area (TPSA) is 79.2 Å². The van der Waals surface area contributed by atoms with E-state index in [0.717, 1.165) is 4.90 Å². The van der Waals surface area contributed by atoms with Gasteiger partial charge in [0.05, 0.1) is 42.2 Å². The number of benzene rings is 2. The van der Waals surface area contributed by atoms with E-state index in [1.807, 2.05) is 0 Å². The van der Waals surface area contributed by atoms with Crippen LogP contribution in [0.3, 0.4) is 0 Å². The van der Waals surface area contributed by atoms with Crippen molar-refractivity contribution in [3.63, 3.8) is 0 Å². The second kappa shape index (κ2) is 6.88. The fourth-order valence-corrected chi connectivity index (χ4v) is 5.01. The van der Waals surface area contributed by atoms with E-state index in [1.54, 1.807) is 54.6 Å². The molecule has 7 nitrogen and oxygen atoms in total. The quantitative estimate of drug-likeness (QED) is 0.740. The van der Waals surface area contributed by atoms with E-state index in [0.29, 0.717) is 37.3 Å². The third-order valence-corrected chi connectivity index (χ3v) is 6.98. The van der Waals surface area contributed by atoms with Crippen molar-refractivity contribution in [1.29, 1.82) is 0 Å². The maximum Gasteiger partial charge on any atom is 0.265 e. The summed E-state index contributed by atoms with van der Waals surface area (Å²) in [5.41, 5.74) is 0.874. The second-order valence-electron chi connectivity index (χ2n) is 6.71. The number of piperazine rings is 1. The van der Waals surface area contributed by atoms with Crippen molar-refractivity contribution in [1.82, 2.24) is 9.21 Å². The molecule has 0 radical (unpaired) electrons. The molecule has 0 atom stereocenters. The van der Waals surface area contributed by atoms with Crippen molar-refractivity contribution in [3.05, 3.63) is 65.7 Å². The highest BCUT2D eigenvalue weighted by atomic mass is 32.2. The fraction of sp³-hybridized carbons (Fsp3) is 0.263. The molecule has 8 heteroatoms. The first-order valence-electron chi connectivity index (χ1n) is 8.82. The van der Waals surface area contributed by atoms with Gasteiger partial charge in [-0.1, -0.05) is 30.3 Å². The second-order valence-corrected chi connectivity index (χ2v) is 8.65. The summed E-state index contributed by atoms with van der Waals surface area (Å²) < 4.78 is 26.8. The lowest BCUT2D eigenvalue weighted by Crippen LogP contribution is -3.16. The van der Waals surface area contributed by atoms with E-state index < -0.39 is 10.0 Å². The van der Waals surface area contributed by atoms with Crippen LogP contribution < -0.4 is 4.90 Å². The van der Waals surface area contributed by atoms with Crippen molar-refractivity contribution in [2.45, 2.75) is 4.90 Å². The zero-order chi connectivity index (χ0) is 19.0. The lowest BCUT2D eigenvalue weighted by Gasteiger charge is -2.32. The molecule has 1 saturated heterocycles. The fourth-order valence-electron chi connectivity index (χ4n) is 3.55. The maximum atomic E-state index is 12.7. The van der Waals surface area contributed by atoms with Gasteiger partial charge in [-0.15, -0.1) is 0 Å². The molecule has 2 amide bonds. The van der Waals surface area contributed by atoms with Crippen molar-refractivity contribution in [3.8, 4) is 0 Å². The van der Waals surface area contributed by atoms with Gasteiger partial charge in [0.15, 0.2) is 6.67 Å². The van der Waals surface area contributed by atoms with Crippen LogP contribution in [-0.2, 0) is 10.0 Å². The van der Waals surface area contributed by atoms with Gasteiger partial charge in [0.25, 0.3) is 11.8 Å². The lowest BCUT2D eigenvalue weighted by molar-refractivity contribution is -0.910. The van der Waals surface area contributed by atoms with E-state index in [4.69, 9.17) is 0 Å². The van der Waals surface area contributed by atoms with Crippen LogP contribution >= 0.6 is 0 Å². The number of fused-ring (bicyclic) bond motifs is 1. The van der Waals surface area contributed by atoms with Gasteiger partial charge in [0.1, 0.15) is 0 Å². The number of nitrogens with one attached hydrogen (secondary N) is 1. The molecule has 1 N–H and O–H groups in total. The molecule has 0 saturated carbocycles. The molecule has 2 aromatic carbocycles. The van der Waals surface area contributed by atoms with E-state index in [1.165, 1.54) is 9.21 Å². The predicted molar refractivity (Wildman–Crippen MR) is 97.7 cm³/mol. The summed E-state index contributed by atoms with van der Waals surface area (Å²) in [6.45, 7) is 2.05. The zero-order valence-corrected chi connectivity index (χ0v) is 15.5. The molecule has 27 heavy (non-hydrogen) atoms. The van der Waals surface area contributed by atoms with Crippen LogP contribution in [0.25, 0.3) is 0 Å². The normalized spacial score (nSPS) is 18.7. The van der Waals surface area contributed by atoms with Crippen molar-refractivity contribution in [2.75, 3.05) is 32.8 Å². The highest BCUT2D eigenvalue weighted by molar-refractivity contribution is 7.89. The molecule has 4 rings (SSSR count). The Hall–Kier alpha value is -2.55. The molecular formula is C19H20N3O4S+. The van der Waals surface area contributed by atoms with Gasteiger partial charge in [0.2, 0.25) is 10.0 Å². The number of amides is 2. The van der Waals surface area contributed by atoms with Gasteiger partial charge in [-0.3, -0.25) is 9.59 Å². The Kier molecular flexibility index (Phi) is 4.55. The Labute approximate surface area is 157 Å². The molecular weight excluding hydrogens is 366 g/mol. The number of nitrogens with zero attached hydrogens (tertiary/aromatic N) is 2. The first-order chi connectivity index (χ1) is 13.0. The molecule has 2 aliphatic heterocycles. The van der Waals surface area contributed by atoms with Crippen molar-refractivity contribution in [2.24, 2.45) is 0 Å². The summed E-state index contributed by atoms with van der Waals surface area (Å²) in [5.74, 6) is -0.551. The molecule has 2 aromatic rings. The zero-order valence-electron chi connectivity index (χ0n) is 14.7. The molecule has 1 fully saturated rings. The molecule has 0 aromatic heterocycles. The average Bonchev–Trinajstić information content (AvgIpc) is 2.94. The molecule has 0 spiro atoms. The van der Waals surface area contributed by atoms with E-state index in [2.05, 4.69) is 0 Å². The summed E-state index contributed by atoms with van der Waals surface area (Å²) in [7, 11) is -3.51. The number of quaternary nitrogens is 1. The largest absolute Gasteiger partial charge is 0.315 e. The Morgan fingerprint density at radius 2 is 1.33 bits per heavy atom. The van der Waals surface area contributed by atoms with Gasteiger partial charge < -0.3 is 4.90 Å². The molecule has 0 unspecified atom stereocenters. The number of sulfonamides is 1. The molecule has 2 aliphatic rings. The van der Waals surface area contributed by atoms with Gasteiger partial charge in [-0.25, -0.2) is 13.3 Å². The van der Waals surface area contributed by atoms with Gasteiger partial charge >= 0.3 is 0 Å². The molecule has 140 valence electrons. The Morgan fingerprint density at radius 3 is 1.89 bits per heavy atom. The maximum absolute atomic E-state index is 12.7. The highest BCUT2D eigenvalue weighted by Gasteiger charge is 2.39. The highest BCUT2D eigenvalue weighted by Crippen LogP contribution is 2.21. The molecule has 0 aliphatic carbocycles. The standard InChI is InChI=1S/C19H19N3O4S/c23-18-16-8-4-5-9-17(16)19(24)22(18)14-20-10-12-21(13-11-20)27(25,26)15-6-2-1-3-7-15/h1-9H,10-14H2/p+1. The summed E-state index contributed by atoms with van der Waals surface area (Å²) in [6.07, 6.45) is 0. The van der Waals surface area contributed by atoms with Crippen molar-refractivity contribution < 1.29 is 22.9 Å². The Bertz CT molecular complexity index is 948. The minimum Gasteiger partial charge on any atom is -0.315 e. The van der Waals surface area contributed by atoms with Crippen molar-refractivity contribution >= 4 is 21.8 Å². The average molecular weight is 386 g/mol. The van der Waals surface area contributed by atoms with E-state index in [-0.39, 0.29) is 23.4 Å². The van der Waals surface area contributed by atoms with Crippen LogP contribution in [-0.4, -0.2) is 62.3 Å². The van der Waals surface area contributed by atoms with Gasteiger partial charge in [-0.2, -0.15) is 4.31 Å². The summed E-state index contributed by atoms with van der Waals surface area (Å²) in [5, 5.41) is 0. The van der Waals surface area contributed by atoms with Crippen LogP contribution in [0.4, 0.5) is 0 Å². The number of imide groups is 1. The van der Waals surface area contributed by atoms with Crippen LogP contribution in [0, 0.1) is 0 Å². The Morgan fingerprint density at radius 1 is 0.815 bits per heavy atom. The summed E-state index contributed by atoms with van der Waals surface area (Å²) in [4.78, 5) is 27.5. The number of hydrogen-bond donors (Lipinski definition) is 1. The van der Waals surface area contributed by atoms with E-state index >= 15 is 0 Å². The third kappa shape index (κ3) is 3.16. The van der Waals surface area contributed by atoms with Gasteiger partial charge in [0, 0.05) is 0 Å². The number of carbonyl (C=O) groups excluding carboxylic acids is 2. The van der Waals surface area contributed by atoms with Crippen LogP contribution in [0.5, 0.6) is 0 Å². The summed E-state index contributed by atoms with van der Waals surface area (Å²) >= 11 is 0. The third-order valence-electron chi connectivity index (χ3n) is 5.07. The number of carbonyl (C=O) groups is 2. The molecule has 0 bridgehead atoms. The number of rotatable bonds is 4. The first-order valence-corrected chi connectivity index (χ1v) is 10.3.